The summed E-state index contributed by atoms with van der Waals surface area (Å²) in [6, 6.07) is 7.48. The van der Waals surface area contributed by atoms with Gasteiger partial charge in [-0.3, -0.25) is 0 Å². The summed E-state index contributed by atoms with van der Waals surface area (Å²) in [5.41, 5.74) is 7.81. The first-order valence-electron chi connectivity index (χ1n) is 5.97. The molecular weight excluding hydrogens is 248 g/mol. The lowest BCUT2D eigenvalue weighted by Gasteiger charge is -2.08. The third-order valence-electron chi connectivity index (χ3n) is 2.83. The Morgan fingerprint density at radius 1 is 1.16 bits per heavy atom. The topological polar surface area (TPSA) is 50.9 Å². The number of hydrogen-bond acceptors (Lipinski definition) is 3. The molecule has 100 valence electrons. The maximum atomic E-state index is 13.0. The second-order valence-electron chi connectivity index (χ2n) is 4.30. The summed E-state index contributed by atoms with van der Waals surface area (Å²) in [7, 11) is 0. The highest BCUT2D eigenvalue weighted by Gasteiger charge is 2.03. The quantitative estimate of drug-likeness (QED) is 0.891. The zero-order valence-electron chi connectivity index (χ0n) is 10.6. The van der Waals surface area contributed by atoms with Crippen LogP contribution in [0.25, 0.3) is 0 Å². The van der Waals surface area contributed by atoms with E-state index < -0.39 is 11.6 Å². The van der Waals surface area contributed by atoms with E-state index in [0.717, 1.165) is 17.3 Å². The number of nitrogen functional groups attached to an aromatic ring is 1. The molecule has 19 heavy (non-hydrogen) atoms. The lowest BCUT2D eigenvalue weighted by molar-refractivity contribution is 0.507. The van der Waals surface area contributed by atoms with Crippen molar-refractivity contribution in [1.82, 2.24) is 4.98 Å². The van der Waals surface area contributed by atoms with Gasteiger partial charge in [-0.05, 0) is 43.2 Å². The first kappa shape index (κ1) is 13.3. The fourth-order valence-corrected chi connectivity index (χ4v) is 1.70. The van der Waals surface area contributed by atoms with Crippen molar-refractivity contribution in [1.29, 1.82) is 0 Å². The fraction of sp³-hybridized carbons (Fsp3) is 0.214. The molecule has 0 bridgehead atoms. The van der Waals surface area contributed by atoms with Gasteiger partial charge in [0.25, 0.3) is 0 Å². The molecule has 3 nitrogen and oxygen atoms in total. The maximum Gasteiger partial charge on any atom is 0.159 e. The number of aryl methyl sites for hydroxylation is 1. The number of nitrogens with two attached hydrogens (primary N) is 1. The van der Waals surface area contributed by atoms with Gasteiger partial charge >= 0.3 is 0 Å². The Morgan fingerprint density at radius 2 is 1.95 bits per heavy atom. The average molecular weight is 263 g/mol. The number of rotatable bonds is 4. The Hall–Kier alpha value is -2.17. The number of nitrogens with one attached hydrogen (secondary N) is 1. The van der Waals surface area contributed by atoms with E-state index in [1.165, 1.54) is 6.07 Å². The zero-order chi connectivity index (χ0) is 13.8. The molecule has 0 unspecified atom stereocenters. The summed E-state index contributed by atoms with van der Waals surface area (Å²) in [4.78, 5) is 4.27. The minimum atomic E-state index is -0.826. The third kappa shape index (κ3) is 3.40. The predicted octanol–water partition coefficient (Wildman–Crippen LogP) is 2.91. The van der Waals surface area contributed by atoms with Crippen LogP contribution in [0.1, 0.15) is 11.3 Å². The standard InChI is InChI=1S/C14H15F2N3/c1-9-13(17)4-5-14(19-9)18-7-6-10-2-3-11(15)12(16)8-10/h2-5,8H,6-7,17H2,1H3,(H,18,19). The molecule has 0 amide bonds. The summed E-state index contributed by atoms with van der Waals surface area (Å²) in [5, 5.41) is 3.11. The van der Waals surface area contributed by atoms with Crippen LogP contribution in [0.15, 0.2) is 30.3 Å². The van der Waals surface area contributed by atoms with E-state index in [2.05, 4.69) is 10.3 Å². The van der Waals surface area contributed by atoms with Crippen molar-refractivity contribution in [2.45, 2.75) is 13.3 Å². The molecule has 0 saturated carbocycles. The molecule has 3 N–H and O–H groups in total. The minimum Gasteiger partial charge on any atom is -0.397 e. The lowest BCUT2D eigenvalue weighted by atomic mass is 10.1. The number of anilines is 2. The third-order valence-corrected chi connectivity index (χ3v) is 2.83. The van der Waals surface area contributed by atoms with Crippen LogP contribution in [0.3, 0.4) is 0 Å². The largest absolute Gasteiger partial charge is 0.397 e. The van der Waals surface area contributed by atoms with Crippen molar-refractivity contribution in [2.24, 2.45) is 0 Å². The molecule has 0 fully saturated rings. The van der Waals surface area contributed by atoms with Crippen molar-refractivity contribution >= 4 is 11.5 Å². The first-order valence-corrected chi connectivity index (χ1v) is 5.97. The van der Waals surface area contributed by atoms with Crippen LogP contribution in [0.4, 0.5) is 20.3 Å². The molecule has 2 aromatic rings. The molecule has 1 aromatic heterocycles. The van der Waals surface area contributed by atoms with E-state index >= 15 is 0 Å². The number of halogens is 2. The van der Waals surface area contributed by atoms with E-state index in [1.54, 1.807) is 18.2 Å². The lowest BCUT2D eigenvalue weighted by Crippen LogP contribution is -2.07. The summed E-state index contributed by atoms with van der Waals surface area (Å²) in [6.07, 6.45) is 0.586. The number of pyridine rings is 1. The highest BCUT2D eigenvalue weighted by atomic mass is 19.2. The molecule has 0 aliphatic carbocycles. The summed E-state index contributed by atoms with van der Waals surface area (Å²) in [6.45, 7) is 2.41. The predicted molar refractivity (Wildman–Crippen MR) is 71.9 cm³/mol. The van der Waals surface area contributed by atoms with Crippen molar-refractivity contribution in [2.75, 3.05) is 17.6 Å². The molecular formula is C14H15F2N3. The van der Waals surface area contributed by atoms with Crippen LogP contribution in [0, 0.1) is 18.6 Å². The van der Waals surface area contributed by atoms with Crippen LogP contribution in [0.5, 0.6) is 0 Å². The van der Waals surface area contributed by atoms with Gasteiger partial charge in [0.2, 0.25) is 0 Å². The van der Waals surface area contributed by atoms with Gasteiger partial charge in [-0.25, -0.2) is 13.8 Å². The summed E-state index contributed by atoms with van der Waals surface area (Å²) >= 11 is 0. The van der Waals surface area contributed by atoms with Gasteiger partial charge in [0.05, 0.1) is 11.4 Å². The van der Waals surface area contributed by atoms with E-state index in [0.29, 0.717) is 24.5 Å². The second-order valence-corrected chi connectivity index (χ2v) is 4.30. The van der Waals surface area contributed by atoms with Crippen LogP contribution < -0.4 is 11.1 Å². The molecule has 1 aromatic carbocycles. The highest BCUT2D eigenvalue weighted by Crippen LogP contribution is 2.12. The van der Waals surface area contributed by atoms with Gasteiger partial charge < -0.3 is 11.1 Å². The SMILES string of the molecule is Cc1nc(NCCc2ccc(F)c(F)c2)ccc1N. The minimum absolute atomic E-state index is 0.585. The van der Waals surface area contributed by atoms with Crippen molar-refractivity contribution < 1.29 is 8.78 Å². The average Bonchev–Trinajstić information content (AvgIpc) is 2.38. The Labute approximate surface area is 110 Å². The summed E-state index contributed by atoms with van der Waals surface area (Å²) in [5.74, 6) is -0.930. The van der Waals surface area contributed by atoms with Gasteiger partial charge in [-0.15, -0.1) is 0 Å². The highest BCUT2D eigenvalue weighted by molar-refractivity contribution is 5.49. The maximum absolute atomic E-state index is 13.0. The fourth-order valence-electron chi connectivity index (χ4n) is 1.70. The number of nitrogens with zero attached hydrogens (tertiary/aromatic N) is 1. The number of benzene rings is 1. The van der Waals surface area contributed by atoms with Crippen molar-refractivity contribution in [3.8, 4) is 0 Å². The van der Waals surface area contributed by atoms with Gasteiger partial charge in [0, 0.05) is 6.54 Å². The zero-order valence-corrected chi connectivity index (χ0v) is 10.6. The molecule has 0 saturated heterocycles. The van der Waals surface area contributed by atoms with E-state index in [9.17, 15) is 8.78 Å². The normalized spacial score (nSPS) is 10.5. The van der Waals surface area contributed by atoms with E-state index in [-0.39, 0.29) is 0 Å². The van der Waals surface area contributed by atoms with Crippen LogP contribution >= 0.6 is 0 Å². The van der Waals surface area contributed by atoms with Crippen LogP contribution in [0.2, 0.25) is 0 Å². The van der Waals surface area contributed by atoms with Gasteiger partial charge in [-0.2, -0.15) is 0 Å². The molecule has 0 spiro atoms. The number of aromatic nitrogens is 1. The Bertz CT molecular complexity index is 533. The van der Waals surface area contributed by atoms with Crippen LogP contribution in [-0.2, 0) is 6.42 Å². The number of hydrogen-bond donors (Lipinski definition) is 2. The van der Waals surface area contributed by atoms with Crippen molar-refractivity contribution in [3.63, 3.8) is 0 Å². The Balaban J connectivity index is 1.92. The monoisotopic (exact) mass is 263 g/mol. The smallest absolute Gasteiger partial charge is 0.159 e. The van der Waals surface area contributed by atoms with E-state index in [1.807, 2.05) is 6.92 Å². The van der Waals surface area contributed by atoms with E-state index in [4.69, 9.17) is 5.73 Å². The second kappa shape index (κ2) is 5.65. The molecule has 0 atom stereocenters. The Morgan fingerprint density at radius 3 is 2.63 bits per heavy atom. The molecule has 0 aliphatic rings. The van der Waals surface area contributed by atoms with Crippen LogP contribution in [-0.4, -0.2) is 11.5 Å². The molecule has 2 rings (SSSR count). The molecule has 1 heterocycles. The van der Waals surface area contributed by atoms with Gasteiger partial charge in [0.1, 0.15) is 5.82 Å². The van der Waals surface area contributed by atoms with Gasteiger partial charge in [-0.1, -0.05) is 6.07 Å². The summed E-state index contributed by atoms with van der Waals surface area (Å²) < 4.78 is 25.8. The molecule has 0 radical (unpaired) electrons. The molecule has 5 heteroatoms. The first-order chi connectivity index (χ1) is 9.06. The van der Waals surface area contributed by atoms with Gasteiger partial charge in [0.15, 0.2) is 11.6 Å². The Kier molecular flexibility index (Phi) is 3.94. The van der Waals surface area contributed by atoms with Crippen molar-refractivity contribution in [3.05, 3.63) is 53.2 Å². The molecule has 0 aliphatic heterocycles.